The van der Waals surface area contributed by atoms with E-state index >= 15 is 0 Å². The number of ether oxygens (including phenoxy) is 1. The van der Waals surface area contributed by atoms with Crippen LogP contribution in [0, 0.1) is 6.92 Å². The zero-order chi connectivity index (χ0) is 18.0. The Labute approximate surface area is 147 Å². The number of carbonyl (C=O) groups excluding carboxylic acids is 2. The lowest BCUT2D eigenvalue weighted by Crippen LogP contribution is -2.30. The number of rotatable bonds is 4. The summed E-state index contributed by atoms with van der Waals surface area (Å²) in [6.07, 6.45) is 0.192. The zero-order valence-corrected chi connectivity index (χ0v) is 14.7. The Kier molecular flexibility index (Phi) is 4.74. The van der Waals surface area contributed by atoms with Gasteiger partial charge in [-0.25, -0.2) is 0 Å². The highest BCUT2D eigenvalue weighted by Gasteiger charge is 2.23. The first-order chi connectivity index (χ1) is 11.9. The molecule has 130 valence electrons. The third-order valence-corrected chi connectivity index (χ3v) is 4.29. The van der Waals surface area contributed by atoms with Crippen LogP contribution in [0.3, 0.4) is 0 Å². The lowest BCUT2D eigenvalue weighted by molar-refractivity contribution is -0.122. The van der Waals surface area contributed by atoms with Gasteiger partial charge in [0.05, 0.1) is 0 Å². The third kappa shape index (κ3) is 3.82. The Morgan fingerprint density at radius 2 is 2.00 bits per heavy atom. The maximum Gasteiger partial charge on any atom is 0.265 e. The van der Waals surface area contributed by atoms with Crippen LogP contribution in [0.1, 0.15) is 25.0 Å². The van der Waals surface area contributed by atoms with E-state index in [1.807, 2.05) is 49.4 Å². The quantitative estimate of drug-likeness (QED) is 0.930. The molecule has 0 bridgehead atoms. The first kappa shape index (κ1) is 17.0. The van der Waals surface area contributed by atoms with Crippen molar-refractivity contribution in [3.63, 3.8) is 0 Å². The highest BCUT2D eigenvalue weighted by molar-refractivity contribution is 5.96. The van der Waals surface area contributed by atoms with Gasteiger partial charge < -0.3 is 15.0 Å². The van der Waals surface area contributed by atoms with E-state index in [1.54, 1.807) is 18.7 Å². The predicted octanol–water partition coefficient (Wildman–Crippen LogP) is 3.31. The Bertz CT molecular complexity index is 816. The van der Waals surface area contributed by atoms with E-state index in [-0.39, 0.29) is 11.8 Å². The molecule has 1 atom stereocenters. The fourth-order valence-corrected chi connectivity index (χ4v) is 3.00. The average Bonchev–Trinajstić information content (AvgIpc) is 2.98. The topological polar surface area (TPSA) is 58.6 Å². The number of amides is 2. The summed E-state index contributed by atoms with van der Waals surface area (Å²) in [4.78, 5) is 25.7. The molecule has 0 unspecified atom stereocenters. The summed E-state index contributed by atoms with van der Waals surface area (Å²) in [6, 6.07) is 13.2. The van der Waals surface area contributed by atoms with Gasteiger partial charge in [0, 0.05) is 24.8 Å². The van der Waals surface area contributed by atoms with Crippen molar-refractivity contribution in [2.24, 2.45) is 0 Å². The number of carbonyl (C=O) groups is 2. The molecule has 0 saturated heterocycles. The minimum atomic E-state index is -0.608. The van der Waals surface area contributed by atoms with Crippen molar-refractivity contribution in [3.8, 4) is 5.75 Å². The van der Waals surface area contributed by atoms with Crippen molar-refractivity contribution in [3.05, 3.63) is 53.6 Å². The number of hydrogen-bond acceptors (Lipinski definition) is 3. The fourth-order valence-electron chi connectivity index (χ4n) is 3.00. The molecule has 0 radical (unpaired) electrons. The first-order valence-corrected chi connectivity index (χ1v) is 8.39. The highest BCUT2D eigenvalue weighted by atomic mass is 16.5. The van der Waals surface area contributed by atoms with Crippen molar-refractivity contribution < 1.29 is 14.3 Å². The lowest BCUT2D eigenvalue weighted by atomic mass is 10.1. The second-order valence-electron chi connectivity index (χ2n) is 6.33. The molecule has 1 aliphatic rings. The smallest absolute Gasteiger partial charge is 0.265 e. The Balaban J connectivity index is 1.66. The van der Waals surface area contributed by atoms with Gasteiger partial charge in [-0.2, -0.15) is 0 Å². The molecule has 2 aromatic rings. The van der Waals surface area contributed by atoms with E-state index in [4.69, 9.17) is 4.74 Å². The van der Waals surface area contributed by atoms with Gasteiger partial charge in [0.1, 0.15) is 5.75 Å². The van der Waals surface area contributed by atoms with Crippen LogP contribution in [0.25, 0.3) is 0 Å². The van der Waals surface area contributed by atoms with Crippen LogP contribution in [0.5, 0.6) is 5.75 Å². The molecule has 0 fully saturated rings. The number of hydrogen-bond donors (Lipinski definition) is 1. The minimum absolute atomic E-state index is 0.0377. The predicted molar refractivity (Wildman–Crippen MR) is 98.1 cm³/mol. The average molecular weight is 338 g/mol. The largest absolute Gasteiger partial charge is 0.481 e. The van der Waals surface area contributed by atoms with Crippen molar-refractivity contribution in [2.45, 2.75) is 33.3 Å². The molecule has 0 spiro atoms. The molecule has 25 heavy (non-hydrogen) atoms. The van der Waals surface area contributed by atoms with Crippen LogP contribution < -0.4 is 15.0 Å². The van der Waals surface area contributed by atoms with Gasteiger partial charge in [0.25, 0.3) is 5.91 Å². The molecule has 0 aromatic heterocycles. The molecular formula is C20H22N2O3. The van der Waals surface area contributed by atoms with E-state index in [0.29, 0.717) is 18.0 Å². The van der Waals surface area contributed by atoms with Crippen molar-refractivity contribution in [2.75, 3.05) is 16.8 Å². The number of benzene rings is 2. The molecule has 1 N–H and O–H groups in total. The molecule has 1 heterocycles. The number of nitrogens with one attached hydrogen (secondary N) is 1. The van der Waals surface area contributed by atoms with Crippen LogP contribution in [0.2, 0.25) is 0 Å². The van der Waals surface area contributed by atoms with Gasteiger partial charge >= 0.3 is 0 Å². The molecule has 0 saturated carbocycles. The zero-order valence-electron chi connectivity index (χ0n) is 14.7. The highest BCUT2D eigenvalue weighted by Crippen LogP contribution is 2.30. The van der Waals surface area contributed by atoms with Gasteiger partial charge in [-0.05, 0) is 61.7 Å². The van der Waals surface area contributed by atoms with Gasteiger partial charge in [-0.1, -0.05) is 12.1 Å². The minimum Gasteiger partial charge on any atom is -0.481 e. The second-order valence-corrected chi connectivity index (χ2v) is 6.33. The molecular weight excluding hydrogens is 316 g/mol. The second kappa shape index (κ2) is 6.97. The Morgan fingerprint density at radius 3 is 2.72 bits per heavy atom. The van der Waals surface area contributed by atoms with E-state index in [2.05, 4.69) is 5.32 Å². The van der Waals surface area contributed by atoms with Crippen LogP contribution in [0.15, 0.2) is 42.5 Å². The van der Waals surface area contributed by atoms with Crippen LogP contribution in [0.4, 0.5) is 11.4 Å². The molecule has 0 aliphatic carbocycles. The first-order valence-electron chi connectivity index (χ1n) is 8.39. The van der Waals surface area contributed by atoms with Gasteiger partial charge in [-0.15, -0.1) is 0 Å². The van der Waals surface area contributed by atoms with Crippen molar-refractivity contribution in [1.29, 1.82) is 0 Å². The van der Waals surface area contributed by atoms with E-state index in [1.165, 1.54) is 0 Å². The van der Waals surface area contributed by atoms with Gasteiger partial charge in [0.2, 0.25) is 5.91 Å². The molecule has 3 rings (SSSR count). The number of anilines is 2. The van der Waals surface area contributed by atoms with Crippen LogP contribution in [-0.2, 0) is 16.0 Å². The van der Waals surface area contributed by atoms with E-state index < -0.39 is 6.10 Å². The SMILES string of the molecule is CC(=O)N1CCc2cc(NC(=O)[C@@H](C)Oc3cccc(C)c3)ccc21. The fraction of sp³-hybridized carbons (Fsp3) is 0.300. The van der Waals surface area contributed by atoms with E-state index in [9.17, 15) is 9.59 Å². The molecule has 2 amide bonds. The lowest BCUT2D eigenvalue weighted by Gasteiger charge is -2.17. The summed E-state index contributed by atoms with van der Waals surface area (Å²) in [5.74, 6) is 0.507. The summed E-state index contributed by atoms with van der Waals surface area (Å²) in [5, 5.41) is 2.88. The number of nitrogens with zero attached hydrogens (tertiary/aromatic N) is 1. The summed E-state index contributed by atoms with van der Waals surface area (Å²) < 4.78 is 5.71. The monoisotopic (exact) mass is 338 g/mol. The maximum absolute atomic E-state index is 12.4. The molecule has 2 aromatic carbocycles. The number of aryl methyl sites for hydroxylation is 1. The summed E-state index contributed by atoms with van der Waals surface area (Å²) in [7, 11) is 0. The molecule has 1 aliphatic heterocycles. The van der Waals surface area contributed by atoms with Crippen LogP contribution in [-0.4, -0.2) is 24.5 Å². The normalized spacial score (nSPS) is 14.0. The van der Waals surface area contributed by atoms with Crippen LogP contribution >= 0.6 is 0 Å². The molecule has 5 heteroatoms. The van der Waals surface area contributed by atoms with Crippen molar-refractivity contribution >= 4 is 23.2 Å². The third-order valence-electron chi connectivity index (χ3n) is 4.29. The summed E-state index contributed by atoms with van der Waals surface area (Å²) >= 11 is 0. The maximum atomic E-state index is 12.4. The van der Waals surface area contributed by atoms with E-state index in [0.717, 1.165) is 23.2 Å². The summed E-state index contributed by atoms with van der Waals surface area (Å²) in [6.45, 7) is 5.96. The number of fused-ring (bicyclic) bond motifs is 1. The Hall–Kier alpha value is -2.82. The van der Waals surface area contributed by atoms with Gasteiger partial charge in [-0.3, -0.25) is 9.59 Å². The Morgan fingerprint density at radius 1 is 1.20 bits per heavy atom. The summed E-state index contributed by atoms with van der Waals surface area (Å²) in [5.41, 5.74) is 3.79. The van der Waals surface area contributed by atoms with Crippen molar-refractivity contribution in [1.82, 2.24) is 0 Å². The van der Waals surface area contributed by atoms with Gasteiger partial charge in [0.15, 0.2) is 6.10 Å². The standard InChI is InChI=1S/C20H22N2O3/c1-13-5-4-6-18(11-13)25-14(2)20(24)21-17-7-8-19-16(12-17)9-10-22(19)15(3)23/h4-8,11-12,14H,9-10H2,1-3H3,(H,21,24)/t14-/m1/s1. The molecule has 5 nitrogen and oxygen atoms in total.